The van der Waals surface area contributed by atoms with Gasteiger partial charge in [0.25, 0.3) is 0 Å². The van der Waals surface area contributed by atoms with Crippen LogP contribution in [0.3, 0.4) is 0 Å². The van der Waals surface area contributed by atoms with E-state index in [0.29, 0.717) is 6.61 Å². The Morgan fingerprint density at radius 1 is 1.42 bits per heavy atom. The van der Waals surface area contributed by atoms with Gasteiger partial charge < -0.3 is 9.84 Å². The largest absolute Gasteiger partial charge is 0.368 e. The van der Waals surface area contributed by atoms with Gasteiger partial charge in [0.05, 0.1) is 6.61 Å². The molecule has 0 aliphatic heterocycles. The summed E-state index contributed by atoms with van der Waals surface area (Å²) in [6.45, 7) is 4.11. The maximum absolute atomic E-state index is 8.88. The highest BCUT2D eigenvalue weighted by atomic mass is 16.6. The van der Waals surface area contributed by atoms with E-state index in [4.69, 9.17) is 9.84 Å². The number of benzene rings is 1. The Hall–Kier alpha value is -0.860. The van der Waals surface area contributed by atoms with Gasteiger partial charge in [-0.15, -0.1) is 0 Å². The minimum Gasteiger partial charge on any atom is -0.368 e. The molecule has 0 amide bonds. The lowest BCUT2D eigenvalue weighted by atomic mass is 10.1. The zero-order valence-electron chi connectivity index (χ0n) is 7.45. The van der Waals surface area contributed by atoms with Crippen molar-refractivity contribution in [1.82, 2.24) is 0 Å². The molecule has 1 N–H and O–H groups in total. The summed E-state index contributed by atoms with van der Waals surface area (Å²) in [6, 6.07) is 7.98. The molecular weight excluding hydrogens is 152 g/mol. The van der Waals surface area contributed by atoms with E-state index in [1.165, 1.54) is 5.56 Å². The van der Waals surface area contributed by atoms with Crippen molar-refractivity contribution in [2.75, 3.05) is 0 Å². The first-order valence-corrected chi connectivity index (χ1v) is 4.04. The highest BCUT2D eigenvalue weighted by Crippen LogP contribution is 2.08. The molecule has 12 heavy (non-hydrogen) atoms. The van der Waals surface area contributed by atoms with Crippen LogP contribution in [0.4, 0.5) is 0 Å². The molecule has 2 nitrogen and oxygen atoms in total. The maximum atomic E-state index is 8.88. The maximum Gasteiger partial charge on any atom is 0.152 e. The number of hydrogen-bond donors (Lipinski definition) is 1. The van der Waals surface area contributed by atoms with E-state index in [1.807, 2.05) is 31.2 Å². The smallest absolute Gasteiger partial charge is 0.152 e. The van der Waals surface area contributed by atoms with Gasteiger partial charge in [0.1, 0.15) is 0 Å². The molecule has 0 fully saturated rings. The fourth-order valence-corrected chi connectivity index (χ4v) is 0.982. The van der Waals surface area contributed by atoms with Gasteiger partial charge in [-0.1, -0.05) is 24.3 Å². The van der Waals surface area contributed by atoms with Crippen molar-refractivity contribution in [3.63, 3.8) is 0 Å². The molecule has 0 saturated carbocycles. The predicted molar refractivity (Wildman–Crippen MR) is 47.6 cm³/mol. The average molecular weight is 166 g/mol. The molecule has 0 saturated heterocycles. The molecule has 1 aromatic carbocycles. The number of hydrogen-bond acceptors (Lipinski definition) is 2. The molecule has 0 aromatic heterocycles. The lowest BCUT2D eigenvalue weighted by Gasteiger charge is -2.08. The summed E-state index contributed by atoms with van der Waals surface area (Å²) in [5.74, 6) is 0. The van der Waals surface area contributed by atoms with Crippen LogP contribution in [0.5, 0.6) is 0 Å². The van der Waals surface area contributed by atoms with Crippen molar-refractivity contribution < 1.29 is 9.84 Å². The number of aliphatic hydroxyl groups excluding tert-OH is 1. The molecule has 66 valence electrons. The van der Waals surface area contributed by atoms with E-state index in [9.17, 15) is 0 Å². The van der Waals surface area contributed by atoms with Gasteiger partial charge in [-0.05, 0) is 25.0 Å². The second kappa shape index (κ2) is 4.24. The molecule has 0 aliphatic rings. The Bertz CT molecular complexity index is 243. The second-order valence-electron chi connectivity index (χ2n) is 2.84. The van der Waals surface area contributed by atoms with E-state index in [0.717, 1.165) is 5.56 Å². The Balaban J connectivity index is 2.57. The van der Waals surface area contributed by atoms with Gasteiger partial charge >= 0.3 is 0 Å². The first-order valence-electron chi connectivity index (χ1n) is 4.04. The summed E-state index contributed by atoms with van der Waals surface area (Å²) >= 11 is 0. The van der Waals surface area contributed by atoms with Crippen LogP contribution in [0.1, 0.15) is 18.1 Å². The van der Waals surface area contributed by atoms with Crippen LogP contribution in [0.25, 0.3) is 0 Å². The molecule has 0 aliphatic carbocycles. The molecule has 1 atom stereocenters. The van der Waals surface area contributed by atoms with Gasteiger partial charge in [0, 0.05) is 0 Å². The van der Waals surface area contributed by atoms with E-state index < -0.39 is 6.29 Å². The highest BCUT2D eigenvalue weighted by Gasteiger charge is 1.98. The molecule has 0 bridgehead atoms. The molecule has 1 aromatic rings. The van der Waals surface area contributed by atoms with Gasteiger partial charge in [0.15, 0.2) is 6.29 Å². The Morgan fingerprint density at radius 3 is 2.67 bits per heavy atom. The molecular formula is C10H14O2. The fraction of sp³-hybridized carbons (Fsp3) is 0.400. The number of rotatable bonds is 3. The predicted octanol–water partition coefficient (Wildman–Crippen LogP) is 1.85. The average Bonchev–Trinajstić information content (AvgIpc) is 2.03. The SMILES string of the molecule is Cc1ccccc1COC(C)O. The second-order valence-corrected chi connectivity index (χ2v) is 2.84. The first-order chi connectivity index (χ1) is 5.70. The van der Waals surface area contributed by atoms with Crippen LogP contribution in [-0.2, 0) is 11.3 Å². The monoisotopic (exact) mass is 166 g/mol. The van der Waals surface area contributed by atoms with Crippen LogP contribution in [-0.4, -0.2) is 11.4 Å². The molecule has 0 radical (unpaired) electrons. The Labute approximate surface area is 72.8 Å². The quantitative estimate of drug-likeness (QED) is 0.694. The van der Waals surface area contributed by atoms with Crippen LogP contribution in [0.2, 0.25) is 0 Å². The molecule has 0 heterocycles. The lowest BCUT2D eigenvalue weighted by Crippen LogP contribution is -2.06. The van der Waals surface area contributed by atoms with Crippen LogP contribution in [0.15, 0.2) is 24.3 Å². The number of ether oxygens (including phenoxy) is 1. The molecule has 0 spiro atoms. The van der Waals surface area contributed by atoms with Crippen molar-refractivity contribution in [3.05, 3.63) is 35.4 Å². The number of aliphatic hydroxyl groups is 1. The summed E-state index contributed by atoms with van der Waals surface area (Å²) in [5.41, 5.74) is 2.32. The van der Waals surface area contributed by atoms with Crippen molar-refractivity contribution >= 4 is 0 Å². The minimum absolute atomic E-state index is 0.477. The molecule has 1 rings (SSSR count). The zero-order chi connectivity index (χ0) is 8.97. The molecule has 2 heteroatoms. The summed E-state index contributed by atoms with van der Waals surface area (Å²) in [5, 5.41) is 8.88. The van der Waals surface area contributed by atoms with E-state index >= 15 is 0 Å². The van der Waals surface area contributed by atoms with Gasteiger partial charge in [-0.25, -0.2) is 0 Å². The molecule has 1 unspecified atom stereocenters. The summed E-state index contributed by atoms with van der Waals surface area (Å²) < 4.78 is 5.06. The van der Waals surface area contributed by atoms with Crippen molar-refractivity contribution in [2.24, 2.45) is 0 Å². The Kier molecular flexibility index (Phi) is 3.26. The third kappa shape index (κ3) is 2.64. The Morgan fingerprint density at radius 2 is 2.08 bits per heavy atom. The fourth-order valence-electron chi connectivity index (χ4n) is 0.982. The van der Waals surface area contributed by atoms with E-state index in [-0.39, 0.29) is 0 Å². The summed E-state index contributed by atoms with van der Waals surface area (Å²) in [4.78, 5) is 0. The van der Waals surface area contributed by atoms with Crippen LogP contribution in [0, 0.1) is 6.92 Å². The number of aryl methyl sites for hydroxylation is 1. The summed E-state index contributed by atoms with van der Waals surface area (Å²) in [6.07, 6.45) is -0.690. The van der Waals surface area contributed by atoms with Gasteiger partial charge in [-0.3, -0.25) is 0 Å². The van der Waals surface area contributed by atoms with Crippen LogP contribution < -0.4 is 0 Å². The van der Waals surface area contributed by atoms with Crippen LogP contribution >= 0.6 is 0 Å². The first kappa shape index (κ1) is 9.23. The van der Waals surface area contributed by atoms with E-state index in [1.54, 1.807) is 6.92 Å². The van der Waals surface area contributed by atoms with E-state index in [2.05, 4.69) is 0 Å². The topological polar surface area (TPSA) is 29.5 Å². The highest BCUT2D eigenvalue weighted by molar-refractivity contribution is 5.24. The van der Waals surface area contributed by atoms with Crippen molar-refractivity contribution in [1.29, 1.82) is 0 Å². The minimum atomic E-state index is -0.690. The van der Waals surface area contributed by atoms with Gasteiger partial charge in [-0.2, -0.15) is 0 Å². The lowest BCUT2D eigenvalue weighted by molar-refractivity contribution is -0.0940. The van der Waals surface area contributed by atoms with Crippen molar-refractivity contribution in [2.45, 2.75) is 26.7 Å². The van der Waals surface area contributed by atoms with Crippen molar-refractivity contribution in [3.8, 4) is 0 Å². The normalized spacial score (nSPS) is 12.9. The third-order valence-electron chi connectivity index (χ3n) is 1.74. The zero-order valence-corrected chi connectivity index (χ0v) is 7.45. The third-order valence-corrected chi connectivity index (χ3v) is 1.74. The summed E-state index contributed by atoms with van der Waals surface area (Å²) in [7, 11) is 0. The van der Waals surface area contributed by atoms with Gasteiger partial charge in [0.2, 0.25) is 0 Å². The standard InChI is InChI=1S/C10H14O2/c1-8-5-3-4-6-10(8)7-12-9(2)11/h3-6,9,11H,7H2,1-2H3.